The Labute approximate surface area is 428 Å². The minimum absolute atomic E-state index is 0.0185. The largest absolute Gasteiger partial charge is 0.459 e. The quantitative estimate of drug-likeness (QED) is 0.147. The summed E-state index contributed by atoms with van der Waals surface area (Å²) in [4.78, 5) is 60.5. The molecule has 0 aromatic rings. The van der Waals surface area contributed by atoms with Crippen molar-refractivity contribution in [3.63, 3.8) is 0 Å². The minimum Gasteiger partial charge on any atom is -0.459 e. The number of rotatable bonds is 12. The second kappa shape index (κ2) is 20.4. The highest BCUT2D eigenvalue weighted by atomic mass is 16.6. The summed E-state index contributed by atoms with van der Waals surface area (Å²) in [7, 11) is 0. The number of ether oxygens (including phenoxy) is 5. The number of aliphatic hydroxyl groups is 1. The number of carbonyl (C=O) groups is 5. The van der Waals surface area contributed by atoms with Crippen molar-refractivity contribution in [3.05, 3.63) is 0 Å². The van der Waals surface area contributed by atoms with Crippen LogP contribution in [0.1, 0.15) is 238 Å². The maximum atomic E-state index is 12.5. The molecule has 10 bridgehead atoms. The van der Waals surface area contributed by atoms with Gasteiger partial charge in [0.15, 0.2) is 0 Å². The lowest BCUT2D eigenvalue weighted by atomic mass is 9.50. The maximum Gasteiger partial charge on any atom is 0.312 e. The first kappa shape index (κ1) is 56.0. The highest BCUT2D eigenvalue weighted by molar-refractivity contribution is 5.79. The van der Waals surface area contributed by atoms with Crippen LogP contribution in [0.25, 0.3) is 0 Å². The van der Waals surface area contributed by atoms with Gasteiger partial charge < -0.3 is 28.8 Å². The topological polar surface area (TPSA) is 152 Å². The van der Waals surface area contributed by atoms with Gasteiger partial charge in [-0.1, -0.05) is 34.1 Å². The molecule has 0 radical (unpaired) electrons. The third-order valence-electron chi connectivity index (χ3n) is 21.0. The van der Waals surface area contributed by atoms with Crippen molar-refractivity contribution >= 4 is 29.8 Å². The molecule has 1 aliphatic heterocycles. The average molecular weight is 995 g/mol. The molecule has 404 valence electrons. The van der Waals surface area contributed by atoms with Crippen molar-refractivity contribution in [1.29, 1.82) is 0 Å². The van der Waals surface area contributed by atoms with Crippen LogP contribution in [0.3, 0.4) is 0 Å². The van der Waals surface area contributed by atoms with Gasteiger partial charge in [-0.15, -0.1) is 0 Å². The molecule has 11 heteroatoms. The molecule has 0 amide bonds. The Kier molecular flexibility index (Phi) is 16.1. The highest BCUT2D eigenvalue weighted by Gasteiger charge is 2.64. The predicted octanol–water partition coefficient (Wildman–Crippen LogP) is 12.8. The molecule has 1 saturated heterocycles. The van der Waals surface area contributed by atoms with E-state index in [0.717, 1.165) is 88.9 Å². The van der Waals surface area contributed by atoms with Crippen LogP contribution in [0.5, 0.6) is 0 Å². The van der Waals surface area contributed by atoms with E-state index in [0.29, 0.717) is 41.9 Å². The van der Waals surface area contributed by atoms with Gasteiger partial charge in [-0.3, -0.25) is 24.0 Å². The first-order valence-corrected chi connectivity index (χ1v) is 28.8. The monoisotopic (exact) mass is 995 g/mol. The van der Waals surface area contributed by atoms with Crippen molar-refractivity contribution in [2.24, 2.45) is 74.9 Å². The van der Waals surface area contributed by atoms with Gasteiger partial charge in [0.05, 0.1) is 33.2 Å². The predicted molar refractivity (Wildman–Crippen MR) is 273 cm³/mol. The molecule has 71 heavy (non-hydrogen) atoms. The number of fused-ring (bicyclic) bond motifs is 1. The summed E-state index contributed by atoms with van der Waals surface area (Å²) in [5.74, 6) is 4.57. The maximum absolute atomic E-state index is 12.5. The lowest BCUT2D eigenvalue weighted by Crippen LogP contribution is -2.61. The SMILES string of the molecule is CCC(C)(C)C(=O)OC1(C)C2CC3CC(C2)CC1C3.CCC(C)(C)C(=O)OC1(C)CCCCC1.CCC(C)(C)C(=O)OC12CC3CC(CC(O)(C3)C1)C2.CCC(C)(C)C(=O)OC1C2CC3C(=O)OC1C3C2. The van der Waals surface area contributed by atoms with Crippen molar-refractivity contribution < 1.29 is 52.8 Å². The molecule has 0 spiro atoms. The summed E-state index contributed by atoms with van der Waals surface area (Å²) in [6, 6.07) is 0. The van der Waals surface area contributed by atoms with Crippen LogP contribution in [0, 0.1) is 74.9 Å². The fraction of sp³-hybridized carbons (Fsp3) is 0.917. The molecule has 7 atom stereocenters. The molecule has 0 aromatic heterocycles. The third-order valence-corrected chi connectivity index (χ3v) is 21.0. The van der Waals surface area contributed by atoms with Crippen LogP contribution in [-0.4, -0.2) is 69.6 Å². The van der Waals surface area contributed by atoms with Crippen LogP contribution < -0.4 is 0 Å². The lowest BCUT2D eigenvalue weighted by Gasteiger charge is -2.59. The van der Waals surface area contributed by atoms with Crippen LogP contribution in [0.2, 0.25) is 0 Å². The molecule has 0 aromatic carbocycles. The molecule has 1 N–H and O–H groups in total. The molecule has 12 aliphatic rings. The molecule has 1 heterocycles. The minimum atomic E-state index is -0.555. The van der Waals surface area contributed by atoms with Crippen LogP contribution in [-0.2, 0) is 47.7 Å². The van der Waals surface area contributed by atoms with Crippen LogP contribution in [0.15, 0.2) is 0 Å². The normalized spacial score (nSPS) is 38.6. The number of esters is 5. The van der Waals surface area contributed by atoms with E-state index in [1.54, 1.807) is 0 Å². The fourth-order valence-electron chi connectivity index (χ4n) is 14.9. The van der Waals surface area contributed by atoms with Gasteiger partial charge in [0.2, 0.25) is 0 Å². The van der Waals surface area contributed by atoms with E-state index >= 15 is 0 Å². The smallest absolute Gasteiger partial charge is 0.312 e. The Hall–Kier alpha value is -2.69. The molecule has 11 aliphatic carbocycles. The van der Waals surface area contributed by atoms with Gasteiger partial charge in [0, 0.05) is 18.3 Å². The van der Waals surface area contributed by atoms with Gasteiger partial charge in [-0.25, -0.2) is 0 Å². The van der Waals surface area contributed by atoms with Gasteiger partial charge in [0.25, 0.3) is 0 Å². The van der Waals surface area contributed by atoms with E-state index in [1.807, 2.05) is 76.2 Å². The molecular formula is C60H98O11. The van der Waals surface area contributed by atoms with Crippen LogP contribution >= 0.6 is 0 Å². The molecule has 11 saturated carbocycles. The molecule has 12 rings (SSSR count). The van der Waals surface area contributed by atoms with E-state index < -0.39 is 16.4 Å². The summed E-state index contributed by atoms with van der Waals surface area (Å²) < 4.78 is 28.8. The summed E-state index contributed by atoms with van der Waals surface area (Å²) in [6.07, 6.45) is 22.7. The highest BCUT2D eigenvalue weighted by Crippen LogP contribution is 2.61. The summed E-state index contributed by atoms with van der Waals surface area (Å²) in [5.41, 5.74) is -2.81. The molecule has 11 nitrogen and oxygen atoms in total. The zero-order chi connectivity index (χ0) is 52.3. The van der Waals surface area contributed by atoms with Gasteiger partial charge in [0.1, 0.15) is 29.0 Å². The van der Waals surface area contributed by atoms with E-state index in [4.69, 9.17) is 23.7 Å². The van der Waals surface area contributed by atoms with Crippen LogP contribution in [0.4, 0.5) is 0 Å². The lowest BCUT2D eigenvalue weighted by molar-refractivity contribution is -0.225. The molecule has 7 unspecified atom stereocenters. The van der Waals surface area contributed by atoms with Crippen molar-refractivity contribution in [2.75, 3.05) is 0 Å². The Bertz CT molecular complexity index is 1910. The Morgan fingerprint density at radius 3 is 1.51 bits per heavy atom. The van der Waals surface area contributed by atoms with Gasteiger partial charge in [-0.2, -0.15) is 0 Å². The van der Waals surface area contributed by atoms with E-state index in [-0.39, 0.29) is 75.6 Å². The average Bonchev–Trinajstić information content (AvgIpc) is 3.93. The fourth-order valence-corrected chi connectivity index (χ4v) is 14.9. The zero-order valence-electron chi connectivity index (χ0n) is 46.9. The standard InChI is InChI=1S/C17H28O2.C16H26O3.C14H20O4.C13H24O2/c1-5-16(2,3)15(18)19-17(4)13-7-11-6-12(9-13)10-14(17)8-11;1-4-14(2,3)13(17)19-16-8-11-5-12(9-16)7-15(18,6-11)10-16;1-4-14(2,3)13(16)18-10-7-5-8-9(6-7)12(15)17-11(8)10;1-5-12(2,3)11(14)15-13(4)9-7-6-8-10-13/h11-14H,5-10H2,1-4H3;11-12,18H,4-10H2,1-3H3;7-11H,4-6H2,1-3H3;5-10H2,1-4H3. The molecular weight excluding hydrogens is 897 g/mol. The summed E-state index contributed by atoms with van der Waals surface area (Å²) in [5, 5.41) is 10.6. The molecule has 12 fully saturated rings. The van der Waals surface area contributed by atoms with E-state index in [9.17, 15) is 29.1 Å². The van der Waals surface area contributed by atoms with Crippen molar-refractivity contribution in [3.8, 4) is 0 Å². The van der Waals surface area contributed by atoms with E-state index in [1.165, 1.54) is 57.8 Å². The third kappa shape index (κ3) is 11.8. The number of hydrogen-bond donors (Lipinski definition) is 1. The summed E-state index contributed by atoms with van der Waals surface area (Å²) >= 11 is 0. The zero-order valence-corrected chi connectivity index (χ0v) is 46.9. The summed E-state index contributed by atoms with van der Waals surface area (Å²) in [6.45, 7) is 28.0. The Balaban J connectivity index is 0.000000140. The second-order valence-electron chi connectivity index (χ2n) is 28.3. The Morgan fingerprint density at radius 2 is 1.03 bits per heavy atom. The Morgan fingerprint density at radius 1 is 0.577 bits per heavy atom. The first-order chi connectivity index (χ1) is 32.9. The number of hydrogen-bond acceptors (Lipinski definition) is 11. The van der Waals surface area contributed by atoms with Gasteiger partial charge >= 0.3 is 29.8 Å². The van der Waals surface area contributed by atoms with Crippen molar-refractivity contribution in [2.45, 2.75) is 273 Å². The van der Waals surface area contributed by atoms with E-state index in [2.05, 4.69) is 20.8 Å². The van der Waals surface area contributed by atoms with Crippen molar-refractivity contribution in [1.82, 2.24) is 0 Å². The number of carbonyl (C=O) groups excluding carboxylic acids is 5. The van der Waals surface area contributed by atoms with Gasteiger partial charge in [-0.05, 0) is 233 Å². The second-order valence-corrected chi connectivity index (χ2v) is 28.3. The first-order valence-electron chi connectivity index (χ1n) is 28.8.